The van der Waals surface area contributed by atoms with Crippen molar-refractivity contribution >= 4 is 5.97 Å². The molecular weight excluding hydrogens is 608 g/mol. The lowest BCUT2D eigenvalue weighted by molar-refractivity contribution is -0.298. The lowest BCUT2D eigenvalue weighted by atomic mass is 9.33. The third kappa shape index (κ3) is 4.67. The zero-order chi connectivity index (χ0) is 34.7. The number of hydrogen-bond donors (Lipinski definition) is 8. The van der Waals surface area contributed by atoms with Crippen LogP contribution in [0.4, 0.5) is 0 Å². The largest absolute Gasteiger partial charge is 0.432 e. The number of esters is 1. The number of rotatable bonds is 4. The van der Waals surface area contributed by atoms with E-state index in [1.54, 1.807) is 0 Å². The number of hydrogen-bond acceptors (Lipinski definition) is 11. The fourth-order valence-electron chi connectivity index (χ4n) is 12.1. The van der Waals surface area contributed by atoms with Gasteiger partial charge in [-0.2, -0.15) is 0 Å². The smallest absolute Gasteiger partial charge is 0.315 e. The topological polar surface area (TPSA) is 197 Å². The molecule has 16 atom stereocenters. The molecule has 47 heavy (non-hydrogen) atoms. The Labute approximate surface area is 278 Å². The van der Waals surface area contributed by atoms with Gasteiger partial charge in [0, 0.05) is 11.3 Å². The number of allylic oxidation sites excluding steroid dienone is 1. The summed E-state index contributed by atoms with van der Waals surface area (Å²) in [5, 5.41) is 85.9. The van der Waals surface area contributed by atoms with Crippen LogP contribution in [0, 0.1) is 50.2 Å². The van der Waals surface area contributed by atoms with Gasteiger partial charge in [0.25, 0.3) is 0 Å². The van der Waals surface area contributed by atoms with Crippen LogP contribution in [0.15, 0.2) is 11.6 Å². The van der Waals surface area contributed by atoms with Crippen molar-refractivity contribution in [3.05, 3.63) is 11.6 Å². The van der Waals surface area contributed by atoms with Crippen LogP contribution in [0.25, 0.3) is 0 Å². The van der Waals surface area contributed by atoms with Crippen LogP contribution in [0.3, 0.4) is 0 Å². The first-order chi connectivity index (χ1) is 21.8. The summed E-state index contributed by atoms with van der Waals surface area (Å²) in [5.41, 5.74) is -2.46. The molecule has 5 aliphatic carbocycles. The second kappa shape index (κ2) is 11.4. The van der Waals surface area contributed by atoms with Gasteiger partial charge in [-0.25, -0.2) is 0 Å². The molecule has 0 aromatic rings. The van der Waals surface area contributed by atoms with E-state index in [0.717, 1.165) is 18.4 Å². The monoisotopic (exact) mass is 666 g/mol. The highest BCUT2D eigenvalue weighted by Crippen LogP contribution is 2.75. The van der Waals surface area contributed by atoms with Crippen molar-refractivity contribution < 1.29 is 55.1 Å². The normalized spacial score (nSPS) is 55.4. The second-order valence-electron chi connectivity index (χ2n) is 17.8. The molecule has 1 heterocycles. The molecule has 4 saturated carbocycles. The summed E-state index contributed by atoms with van der Waals surface area (Å²) in [4.78, 5) is 14.4. The fraction of sp³-hybridized carbons (Fsp3) is 0.917. The number of aliphatic hydroxyl groups is 8. The van der Waals surface area contributed by atoms with Gasteiger partial charge in [0.2, 0.25) is 6.29 Å². The predicted molar refractivity (Wildman–Crippen MR) is 169 cm³/mol. The summed E-state index contributed by atoms with van der Waals surface area (Å²) in [6.45, 7) is 11.9. The molecule has 268 valence electrons. The van der Waals surface area contributed by atoms with E-state index in [4.69, 9.17) is 9.47 Å². The predicted octanol–water partition coefficient (Wildman–Crippen LogP) is 1.41. The van der Waals surface area contributed by atoms with E-state index in [1.165, 1.54) is 0 Å². The highest BCUT2D eigenvalue weighted by Gasteiger charge is 2.72. The highest BCUT2D eigenvalue weighted by atomic mass is 16.7. The van der Waals surface area contributed by atoms with Crippen molar-refractivity contribution in [3.63, 3.8) is 0 Å². The Hall–Kier alpha value is -1.15. The lowest BCUT2D eigenvalue weighted by Crippen LogP contribution is -2.69. The van der Waals surface area contributed by atoms with Crippen LogP contribution in [-0.2, 0) is 14.3 Å². The molecule has 0 spiro atoms. The van der Waals surface area contributed by atoms with Crippen molar-refractivity contribution in [3.8, 4) is 0 Å². The number of aliphatic hydroxyl groups excluding tert-OH is 8. The first-order valence-electron chi connectivity index (χ1n) is 17.7. The Balaban J connectivity index is 1.39. The molecule has 0 unspecified atom stereocenters. The van der Waals surface area contributed by atoms with Crippen LogP contribution in [0.1, 0.15) is 92.9 Å². The van der Waals surface area contributed by atoms with Crippen LogP contribution in [0.5, 0.6) is 0 Å². The average Bonchev–Trinajstić information content (AvgIpc) is 3.02. The summed E-state index contributed by atoms with van der Waals surface area (Å²) >= 11 is 0. The van der Waals surface area contributed by atoms with E-state index in [2.05, 4.69) is 26.8 Å². The Kier molecular flexibility index (Phi) is 8.68. The van der Waals surface area contributed by atoms with E-state index < -0.39 is 89.2 Å². The minimum atomic E-state index is -1.72. The van der Waals surface area contributed by atoms with E-state index in [0.29, 0.717) is 38.5 Å². The summed E-state index contributed by atoms with van der Waals surface area (Å²) in [5.74, 6) is -1.08. The SMILES string of the molecule is CC1(C)CC[C@]2(C(=O)O[C@@H]3O[C@H](CO)[C@@H](O)[C@H](O)[C@H]3O)CC[C@]3(C)C(=CC[C@@H]4[C@@]5(C)C[C@@H](O)[C@H](O)[C@@](C)(CO)[C@@H]5CC[C@]43C)[C@H]2[C@@H]1O. The summed E-state index contributed by atoms with van der Waals surface area (Å²) < 4.78 is 11.4. The Morgan fingerprint density at radius 1 is 0.851 bits per heavy atom. The maximum atomic E-state index is 14.4. The molecule has 0 aromatic carbocycles. The van der Waals surface area contributed by atoms with Crippen LogP contribution < -0.4 is 0 Å². The molecule has 6 aliphatic rings. The molecule has 1 saturated heterocycles. The molecule has 0 aromatic heterocycles. The third-order valence-corrected chi connectivity index (χ3v) is 15.4. The first-order valence-corrected chi connectivity index (χ1v) is 17.7. The molecular formula is C36H58O11. The van der Waals surface area contributed by atoms with E-state index in [9.17, 15) is 45.6 Å². The Bertz CT molecular complexity index is 1270. The number of fused-ring (bicyclic) bond motifs is 7. The van der Waals surface area contributed by atoms with Crippen LogP contribution in [-0.4, -0.2) is 109 Å². The maximum Gasteiger partial charge on any atom is 0.315 e. The molecule has 11 nitrogen and oxygen atoms in total. The van der Waals surface area contributed by atoms with Gasteiger partial charge in [0.1, 0.15) is 24.4 Å². The molecule has 6 rings (SSSR count). The Morgan fingerprint density at radius 3 is 2.15 bits per heavy atom. The van der Waals surface area contributed by atoms with E-state index >= 15 is 0 Å². The van der Waals surface area contributed by atoms with Crippen molar-refractivity contribution in [2.24, 2.45) is 50.2 Å². The van der Waals surface area contributed by atoms with Crippen LogP contribution >= 0.6 is 0 Å². The van der Waals surface area contributed by atoms with Gasteiger partial charge in [0.05, 0.1) is 36.9 Å². The minimum Gasteiger partial charge on any atom is -0.432 e. The van der Waals surface area contributed by atoms with Gasteiger partial charge < -0.3 is 50.3 Å². The molecule has 0 radical (unpaired) electrons. The second-order valence-corrected chi connectivity index (χ2v) is 17.8. The highest BCUT2D eigenvalue weighted by molar-refractivity contribution is 5.79. The van der Waals surface area contributed by atoms with Gasteiger partial charge in [-0.05, 0) is 84.9 Å². The summed E-state index contributed by atoms with van der Waals surface area (Å²) in [7, 11) is 0. The number of carbonyl (C=O) groups is 1. The average molecular weight is 667 g/mol. The van der Waals surface area contributed by atoms with Crippen molar-refractivity contribution in [1.82, 2.24) is 0 Å². The van der Waals surface area contributed by atoms with Crippen molar-refractivity contribution in [2.45, 2.75) is 142 Å². The van der Waals surface area contributed by atoms with Gasteiger partial charge in [-0.3, -0.25) is 4.79 Å². The van der Waals surface area contributed by atoms with Gasteiger partial charge in [-0.1, -0.05) is 53.2 Å². The van der Waals surface area contributed by atoms with Crippen molar-refractivity contribution in [2.75, 3.05) is 13.2 Å². The molecule has 0 amide bonds. The lowest BCUT2D eigenvalue weighted by Gasteiger charge is -2.71. The maximum absolute atomic E-state index is 14.4. The summed E-state index contributed by atoms with van der Waals surface area (Å²) in [6, 6.07) is 0. The number of carbonyl (C=O) groups excluding carboxylic acids is 1. The zero-order valence-corrected chi connectivity index (χ0v) is 28.8. The molecule has 1 aliphatic heterocycles. The molecule has 0 bridgehead atoms. The third-order valence-electron chi connectivity index (χ3n) is 15.4. The van der Waals surface area contributed by atoms with Gasteiger partial charge >= 0.3 is 5.97 Å². The quantitative estimate of drug-likeness (QED) is 0.160. The van der Waals surface area contributed by atoms with Crippen molar-refractivity contribution in [1.29, 1.82) is 0 Å². The fourth-order valence-corrected chi connectivity index (χ4v) is 12.1. The van der Waals surface area contributed by atoms with E-state index in [-0.39, 0.29) is 29.3 Å². The minimum absolute atomic E-state index is 0.00502. The Morgan fingerprint density at radius 2 is 1.51 bits per heavy atom. The summed E-state index contributed by atoms with van der Waals surface area (Å²) in [6.07, 6.45) is -3.62. The number of ether oxygens (including phenoxy) is 2. The molecule has 8 N–H and O–H groups in total. The molecule has 5 fully saturated rings. The van der Waals surface area contributed by atoms with Crippen LogP contribution in [0.2, 0.25) is 0 Å². The van der Waals surface area contributed by atoms with Gasteiger partial charge in [0.15, 0.2) is 0 Å². The standard InChI is InChI=1S/C36H58O11/c1-31(2)11-13-36(30(45)47-29-26(42)25(41)24(40)20(16-37)46-29)14-12-34(5)18(23(36)28(31)44)7-8-22-32(3)15-19(39)27(43)33(4,17-38)21(32)9-10-35(22,34)6/h7,19-29,37-44H,8-17H2,1-6H3/t19-,20-,21-,22-,23+,24-,25+,26-,27+,28+,29+,32+,33+,34-,35-,36+/m1/s1. The van der Waals surface area contributed by atoms with Gasteiger partial charge in [-0.15, -0.1) is 0 Å². The molecule has 11 heteroatoms. The zero-order valence-electron chi connectivity index (χ0n) is 28.8. The van der Waals surface area contributed by atoms with E-state index in [1.807, 2.05) is 20.8 Å². The first kappa shape index (κ1) is 35.7.